The molecule has 2 aromatic rings. The van der Waals surface area contributed by atoms with E-state index in [1.807, 2.05) is 53.1 Å². The Morgan fingerprint density at radius 2 is 2.07 bits per heavy atom. The number of carbonyl (C=O) groups excluding carboxylic acids is 1. The number of ether oxygens (including phenoxy) is 2. The van der Waals surface area contributed by atoms with Crippen molar-refractivity contribution in [1.29, 1.82) is 0 Å². The Hall–Kier alpha value is -2.05. The first-order valence-electron chi connectivity index (χ1n) is 9.39. The molecule has 4 heterocycles. The van der Waals surface area contributed by atoms with E-state index in [1.165, 1.54) is 0 Å². The van der Waals surface area contributed by atoms with Crippen LogP contribution in [0.3, 0.4) is 0 Å². The number of aromatic nitrogens is 1. The van der Waals surface area contributed by atoms with Gasteiger partial charge in [-0.05, 0) is 35.7 Å². The second-order valence-corrected chi connectivity index (χ2v) is 9.09. The number of amides is 1. The number of rotatable bonds is 4. The first-order chi connectivity index (χ1) is 13.2. The van der Waals surface area contributed by atoms with Crippen LogP contribution in [0.1, 0.15) is 17.5 Å². The Morgan fingerprint density at radius 3 is 2.89 bits per heavy atom. The molecular weight excluding hydrogens is 360 g/mol. The van der Waals surface area contributed by atoms with E-state index in [0.29, 0.717) is 13.0 Å². The number of thioether (sulfide) groups is 1. The van der Waals surface area contributed by atoms with Crippen LogP contribution in [0.2, 0.25) is 0 Å². The van der Waals surface area contributed by atoms with Gasteiger partial charge >= 0.3 is 0 Å². The number of pyridine rings is 1. The minimum atomic E-state index is -0.357. The molecule has 27 heavy (non-hydrogen) atoms. The lowest BCUT2D eigenvalue weighted by molar-refractivity contribution is -0.143. The molecule has 3 aliphatic rings. The molecule has 1 spiro atoms. The smallest absolute Gasteiger partial charge is 0.264 e. The molecule has 0 unspecified atom stereocenters. The quantitative estimate of drug-likeness (QED) is 0.814. The van der Waals surface area contributed by atoms with E-state index < -0.39 is 0 Å². The Labute approximate surface area is 163 Å². The fourth-order valence-corrected chi connectivity index (χ4v) is 5.70. The van der Waals surface area contributed by atoms with Gasteiger partial charge in [-0.25, -0.2) is 0 Å². The molecule has 2 fully saturated rings. The van der Waals surface area contributed by atoms with Gasteiger partial charge in [0.25, 0.3) is 5.91 Å². The summed E-state index contributed by atoms with van der Waals surface area (Å²) < 4.78 is 12.1. The van der Waals surface area contributed by atoms with E-state index in [4.69, 9.17) is 9.47 Å². The van der Waals surface area contributed by atoms with E-state index in [1.54, 1.807) is 12.4 Å². The monoisotopic (exact) mass is 382 g/mol. The fraction of sp³-hybridized carbons (Fsp3) is 0.429. The van der Waals surface area contributed by atoms with Crippen molar-refractivity contribution < 1.29 is 14.3 Å². The van der Waals surface area contributed by atoms with Crippen molar-refractivity contribution in [2.24, 2.45) is 0 Å². The third-order valence-electron chi connectivity index (χ3n) is 5.60. The zero-order valence-electron chi connectivity index (χ0n) is 15.0. The van der Waals surface area contributed by atoms with Crippen LogP contribution in [-0.4, -0.2) is 51.6 Å². The number of hydrogen-bond acceptors (Lipinski definition) is 5. The van der Waals surface area contributed by atoms with E-state index in [9.17, 15) is 4.79 Å². The first-order valence-corrected chi connectivity index (χ1v) is 10.4. The molecule has 0 N–H and O–H groups in total. The summed E-state index contributed by atoms with van der Waals surface area (Å²) in [5, 5.41) is 0. The van der Waals surface area contributed by atoms with Gasteiger partial charge in [0.05, 0.1) is 17.5 Å². The van der Waals surface area contributed by atoms with Crippen LogP contribution >= 0.6 is 11.8 Å². The van der Waals surface area contributed by atoms with Gasteiger partial charge in [-0.15, -0.1) is 11.8 Å². The minimum absolute atomic E-state index is 0.124. The summed E-state index contributed by atoms with van der Waals surface area (Å²) >= 11 is 1.95. The van der Waals surface area contributed by atoms with E-state index >= 15 is 0 Å². The standard InChI is InChI=1S/C21H22N2O3S/c24-20(19-9-16-3-1-2-4-18(16)26-19)23-13-21(14-23)10-17(12-27-21)25-11-15-5-7-22-8-6-15/h1-8,17,19H,9-14H2/t17-,19+/m1/s1. The lowest BCUT2D eigenvalue weighted by Gasteiger charge is -2.48. The molecule has 5 rings (SSSR count). The van der Waals surface area contributed by atoms with Gasteiger partial charge in [0.2, 0.25) is 0 Å². The van der Waals surface area contributed by atoms with Gasteiger partial charge in [0.1, 0.15) is 5.75 Å². The minimum Gasteiger partial charge on any atom is -0.480 e. The largest absolute Gasteiger partial charge is 0.480 e. The number of nitrogens with zero attached hydrogens (tertiary/aromatic N) is 2. The van der Waals surface area contributed by atoms with E-state index in [-0.39, 0.29) is 22.9 Å². The van der Waals surface area contributed by atoms with Gasteiger partial charge in [-0.1, -0.05) is 18.2 Å². The Balaban J connectivity index is 1.12. The molecular formula is C21H22N2O3S. The molecule has 5 nitrogen and oxygen atoms in total. The maximum absolute atomic E-state index is 12.8. The SMILES string of the molecule is O=C([C@@H]1Cc2ccccc2O1)N1CC2(C[C@@H](OCc3ccncc3)CS2)C1. The van der Waals surface area contributed by atoms with Crippen LogP contribution in [0.4, 0.5) is 0 Å². The van der Waals surface area contributed by atoms with Gasteiger partial charge in [-0.2, -0.15) is 0 Å². The third kappa shape index (κ3) is 3.32. The maximum Gasteiger partial charge on any atom is 0.264 e. The zero-order chi connectivity index (χ0) is 18.3. The predicted octanol–water partition coefficient (Wildman–Crippen LogP) is 2.69. The first kappa shape index (κ1) is 17.1. The van der Waals surface area contributed by atoms with Crippen LogP contribution in [0.25, 0.3) is 0 Å². The molecule has 1 amide bonds. The summed E-state index contributed by atoms with van der Waals surface area (Å²) in [5.74, 6) is 1.97. The van der Waals surface area contributed by atoms with Crippen molar-refractivity contribution in [3.8, 4) is 5.75 Å². The summed E-state index contributed by atoms with van der Waals surface area (Å²) in [5.41, 5.74) is 2.28. The van der Waals surface area contributed by atoms with Crippen LogP contribution in [0.5, 0.6) is 5.75 Å². The molecule has 0 saturated carbocycles. The molecule has 3 aliphatic heterocycles. The second-order valence-electron chi connectivity index (χ2n) is 7.60. The van der Waals surface area contributed by atoms with Crippen molar-refractivity contribution in [1.82, 2.24) is 9.88 Å². The number of carbonyl (C=O) groups is 1. The van der Waals surface area contributed by atoms with Crippen LogP contribution in [0.15, 0.2) is 48.8 Å². The van der Waals surface area contributed by atoms with Crippen molar-refractivity contribution in [3.63, 3.8) is 0 Å². The molecule has 2 atom stereocenters. The van der Waals surface area contributed by atoms with Crippen LogP contribution in [0, 0.1) is 0 Å². The lowest BCUT2D eigenvalue weighted by atomic mass is 9.92. The maximum atomic E-state index is 12.8. The van der Waals surface area contributed by atoms with Gasteiger partial charge < -0.3 is 14.4 Å². The predicted molar refractivity (Wildman–Crippen MR) is 104 cm³/mol. The molecule has 1 aromatic carbocycles. The van der Waals surface area contributed by atoms with Crippen LogP contribution in [-0.2, 0) is 22.6 Å². The molecule has 0 aliphatic carbocycles. The van der Waals surface area contributed by atoms with Gasteiger partial charge in [-0.3, -0.25) is 9.78 Å². The number of benzene rings is 1. The van der Waals surface area contributed by atoms with Gasteiger partial charge in [0.15, 0.2) is 6.10 Å². The molecule has 1 aromatic heterocycles. The molecule has 6 heteroatoms. The highest BCUT2D eigenvalue weighted by Gasteiger charge is 2.52. The highest BCUT2D eigenvalue weighted by atomic mass is 32.2. The molecule has 0 radical (unpaired) electrons. The number of para-hydroxylation sites is 1. The van der Waals surface area contributed by atoms with E-state index in [2.05, 4.69) is 4.98 Å². The molecule has 140 valence electrons. The summed E-state index contributed by atoms with van der Waals surface area (Å²) in [6.45, 7) is 2.24. The summed E-state index contributed by atoms with van der Waals surface area (Å²) in [4.78, 5) is 18.8. The number of likely N-dealkylation sites (tertiary alicyclic amines) is 1. The zero-order valence-corrected chi connectivity index (χ0v) is 15.9. The van der Waals surface area contributed by atoms with E-state index in [0.717, 1.165) is 42.1 Å². The average Bonchev–Trinajstić information content (AvgIpc) is 3.30. The number of fused-ring (bicyclic) bond motifs is 1. The highest BCUT2D eigenvalue weighted by molar-refractivity contribution is 8.01. The fourth-order valence-electron chi connectivity index (χ4n) is 4.15. The Kier molecular flexibility index (Phi) is 4.32. The summed E-state index contributed by atoms with van der Waals surface area (Å²) in [6, 6.07) is 11.9. The molecule has 2 saturated heterocycles. The lowest BCUT2D eigenvalue weighted by Crippen LogP contribution is -2.63. The number of hydrogen-bond donors (Lipinski definition) is 0. The average molecular weight is 382 g/mol. The van der Waals surface area contributed by atoms with Crippen molar-refractivity contribution >= 4 is 17.7 Å². The second kappa shape index (κ2) is 6.84. The van der Waals surface area contributed by atoms with Crippen LogP contribution < -0.4 is 4.74 Å². The van der Waals surface area contributed by atoms with Crippen molar-refractivity contribution in [2.75, 3.05) is 18.8 Å². The normalized spacial score (nSPS) is 25.1. The third-order valence-corrected chi connectivity index (χ3v) is 7.18. The molecule has 0 bridgehead atoms. The van der Waals surface area contributed by atoms with Crippen molar-refractivity contribution in [3.05, 3.63) is 59.9 Å². The Morgan fingerprint density at radius 1 is 1.26 bits per heavy atom. The highest BCUT2D eigenvalue weighted by Crippen LogP contribution is 2.46. The summed E-state index contributed by atoms with van der Waals surface area (Å²) in [7, 11) is 0. The summed E-state index contributed by atoms with van der Waals surface area (Å²) in [6.07, 6.45) is 5.18. The van der Waals surface area contributed by atoms with Crippen molar-refractivity contribution in [2.45, 2.75) is 36.4 Å². The Bertz CT molecular complexity index is 813. The van der Waals surface area contributed by atoms with Gasteiger partial charge in [0, 0.05) is 37.7 Å². The topological polar surface area (TPSA) is 51.7 Å².